The molecule has 0 spiro atoms. The van der Waals surface area contributed by atoms with E-state index in [1.165, 1.54) is 0 Å². The lowest BCUT2D eigenvalue weighted by Gasteiger charge is -2.31. The summed E-state index contributed by atoms with van der Waals surface area (Å²) in [5.41, 5.74) is 8.33. The minimum atomic E-state index is -0.316. The van der Waals surface area contributed by atoms with E-state index in [0.717, 1.165) is 42.9 Å². The Morgan fingerprint density at radius 3 is 2.43 bits per heavy atom. The quantitative estimate of drug-likeness (QED) is 0.821. The van der Waals surface area contributed by atoms with Crippen LogP contribution in [-0.4, -0.2) is 46.1 Å². The number of nitrogens with zero attached hydrogens (tertiary/aromatic N) is 3. The number of carbonyl (C=O) groups is 2. The number of likely N-dealkylation sites (tertiary alicyclic amines) is 1. The van der Waals surface area contributed by atoms with Gasteiger partial charge in [0.25, 0.3) is 0 Å². The first-order valence-corrected chi connectivity index (χ1v) is 8.10. The fourth-order valence-corrected chi connectivity index (χ4v) is 3.39. The van der Waals surface area contributed by atoms with Gasteiger partial charge in [-0.3, -0.25) is 19.2 Å². The number of hydrogen-bond donors (Lipinski definition) is 2. The lowest BCUT2D eigenvalue weighted by Crippen LogP contribution is -2.43. The molecule has 1 aliphatic heterocycles. The molecule has 1 unspecified atom stereocenters. The highest BCUT2D eigenvalue weighted by Gasteiger charge is 2.27. The smallest absolute Gasteiger partial charge is 0.231 e. The Hall–Kier alpha value is -1.89. The zero-order valence-corrected chi connectivity index (χ0v) is 14.4. The maximum atomic E-state index is 12.5. The van der Waals surface area contributed by atoms with Crippen LogP contribution in [0.5, 0.6) is 0 Å². The second kappa shape index (κ2) is 7.12. The molecule has 7 heteroatoms. The molecule has 1 fully saturated rings. The number of primary amides is 1. The molecule has 1 aromatic rings. The van der Waals surface area contributed by atoms with Crippen LogP contribution in [0, 0.1) is 19.8 Å². The van der Waals surface area contributed by atoms with E-state index in [9.17, 15) is 9.59 Å². The fourth-order valence-electron chi connectivity index (χ4n) is 3.39. The van der Waals surface area contributed by atoms with Crippen LogP contribution < -0.4 is 11.1 Å². The number of hydrogen-bond acceptors (Lipinski definition) is 4. The van der Waals surface area contributed by atoms with Crippen LogP contribution in [0.25, 0.3) is 0 Å². The molecule has 128 valence electrons. The second-order valence-corrected chi connectivity index (χ2v) is 6.46. The molecule has 0 aromatic carbocycles. The Balaban J connectivity index is 1.91. The fraction of sp³-hybridized carbons (Fsp3) is 0.688. The van der Waals surface area contributed by atoms with Crippen molar-refractivity contribution in [3.8, 4) is 0 Å². The van der Waals surface area contributed by atoms with Crippen LogP contribution in [0.15, 0.2) is 0 Å². The zero-order chi connectivity index (χ0) is 17.1. The number of piperidine rings is 1. The number of aromatic nitrogens is 2. The molecule has 0 aliphatic carbocycles. The topological polar surface area (TPSA) is 93.2 Å². The van der Waals surface area contributed by atoms with Crippen molar-refractivity contribution in [2.45, 2.75) is 39.7 Å². The third-order valence-electron chi connectivity index (χ3n) is 4.69. The lowest BCUT2D eigenvalue weighted by molar-refractivity contribution is -0.127. The average molecular weight is 321 g/mol. The van der Waals surface area contributed by atoms with Crippen molar-refractivity contribution in [2.24, 2.45) is 18.7 Å². The van der Waals surface area contributed by atoms with Crippen molar-refractivity contribution in [1.29, 1.82) is 0 Å². The number of carbonyl (C=O) groups excluding carboxylic acids is 2. The van der Waals surface area contributed by atoms with Crippen LogP contribution in [-0.2, 0) is 16.6 Å². The monoisotopic (exact) mass is 321 g/mol. The first-order chi connectivity index (χ1) is 10.8. The van der Waals surface area contributed by atoms with Gasteiger partial charge in [0.1, 0.15) is 0 Å². The van der Waals surface area contributed by atoms with Gasteiger partial charge >= 0.3 is 0 Å². The van der Waals surface area contributed by atoms with E-state index in [-0.39, 0.29) is 30.3 Å². The molecule has 2 rings (SSSR count). The Labute approximate surface area is 137 Å². The normalized spacial score (nSPS) is 17.9. The maximum absolute atomic E-state index is 12.5. The molecule has 0 saturated carbocycles. The van der Waals surface area contributed by atoms with Crippen molar-refractivity contribution in [3.63, 3.8) is 0 Å². The minimum absolute atomic E-state index is 0.00106. The van der Waals surface area contributed by atoms with E-state index < -0.39 is 0 Å². The first kappa shape index (κ1) is 17.5. The van der Waals surface area contributed by atoms with Crippen molar-refractivity contribution < 1.29 is 9.59 Å². The summed E-state index contributed by atoms with van der Waals surface area (Å²) in [5, 5.41) is 7.52. The van der Waals surface area contributed by atoms with Gasteiger partial charge in [0.05, 0.1) is 18.3 Å². The molecule has 1 saturated heterocycles. The summed E-state index contributed by atoms with van der Waals surface area (Å²) >= 11 is 0. The number of rotatable bonds is 5. The Kier molecular flexibility index (Phi) is 5.41. The van der Waals surface area contributed by atoms with E-state index in [1.54, 1.807) is 0 Å². The van der Waals surface area contributed by atoms with Gasteiger partial charge in [-0.25, -0.2) is 0 Å². The number of nitrogens with one attached hydrogen (secondary N) is 1. The van der Waals surface area contributed by atoms with Gasteiger partial charge < -0.3 is 11.1 Å². The highest BCUT2D eigenvalue weighted by Crippen LogP contribution is 2.23. The van der Waals surface area contributed by atoms with Crippen LogP contribution >= 0.6 is 0 Å². The summed E-state index contributed by atoms with van der Waals surface area (Å²) in [4.78, 5) is 25.4. The molecule has 1 atom stereocenters. The molecule has 1 aliphatic rings. The van der Waals surface area contributed by atoms with Gasteiger partial charge in [-0.15, -0.1) is 0 Å². The molecule has 23 heavy (non-hydrogen) atoms. The van der Waals surface area contributed by atoms with E-state index in [2.05, 4.69) is 10.4 Å². The van der Waals surface area contributed by atoms with E-state index in [4.69, 9.17) is 5.73 Å². The number of aryl methyl sites for hydroxylation is 2. The van der Waals surface area contributed by atoms with Gasteiger partial charge in [-0.1, -0.05) is 0 Å². The Morgan fingerprint density at radius 2 is 1.96 bits per heavy atom. The van der Waals surface area contributed by atoms with Gasteiger partial charge in [0, 0.05) is 24.2 Å². The summed E-state index contributed by atoms with van der Waals surface area (Å²) in [6.45, 7) is 7.73. The molecule has 1 aromatic heterocycles. The summed E-state index contributed by atoms with van der Waals surface area (Å²) in [7, 11) is 1.91. The summed E-state index contributed by atoms with van der Waals surface area (Å²) in [5.74, 6) is -0.234. The van der Waals surface area contributed by atoms with Gasteiger partial charge in [0.2, 0.25) is 11.8 Å². The van der Waals surface area contributed by atoms with E-state index in [1.807, 2.05) is 37.4 Å². The van der Waals surface area contributed by atoms with Crippen molar-refractivity contribution >= 4 is 11.8 Å². The van der Waals surface area contributed by atoms with Crippen LogP contribution in [0.2, 0.25) is 0 Å². The molecular weight excluding hydrogens is 294 g/mol. The third kappa shape index (κ3) is 4.10. The lowest BCUT2D eigenvalue weighted by atomic mass is 9.95. The summed E-state index contributed by atoms with van der Waals surface area (Å²) < 4.78 is 1.84. The van der Waals surface area contributed by atoms with Crippen molar-refractivity contribution in [2.75, 3.05) is 19.6 Å². The molecule has 7 nitrogen and oxygen atoms in total. The average Bonchev–Trinajstić information content (AvgIpc) is 2.72. The summed E-state index contributed by atoms with van der Waals surface area (Å²) in [6.07, 6.45) is 1.52. The Bertz CT molecular complexity index is 588. The zero-order valence-electron chi connectivity index (χ0n) is 14.4. The van der Waals surface area contributed by atoms with Crippen LogP contribution in [0.1, 0.15) is 42.8 Å². The van der Waals surface area contributed by atoms with Crippen molar-refractivity contribution in [3.05, 3.63) is 17.0 Å². The molecule has 3 N–H and O–H groups in total. The van der Waals surface area contributed by atoms with E-state index in [0.29, 0.717) is 0 Å². The van der Waals surface area contributed by atoms with Crippen LogP contribution in [0.3, 0.4) is 0 Å². The molecule has 0 bridgehead atoms. The first-order valence-electron chi connectivity index (χ1n) is 8.10. The Morgan fingerprint density at radius 1 is 1.35 bits per heavy atom. The largest absolute Gasteiger partial charge is 0.369 e. The highest BCUT2D eigenvalue weighted by atomic mass is 16.2. The molecule has 2 amide bonds. The second-order valence-electron chi connectivity index (χ2n) is 6.46. The molecule has 0 radical (unpaired) electrons. The predicted molar refractivity (Wildman–Crippen MR) is 87.6 cm³/mol. The van der Waals surface area contributed by atoms with Gasteiger partial charge in [0.15, 0.2) is 0 Å². The van der Waals surface area contributed by atoms with Gasteiger partial charge in [-0.2, -0.15) is 5.10 Å². The number of nitrogens with two attached hydrogens (primary N) is 1. The minimum Gasteiger partial charge on any atom is -0.369 e. The summed E-state index contributed by atoms with van der Waals surface area (Å²) in [6, 6.07) is -0.0557. The SMILES string of the molecule is Cc1nn(C)c(C)c1C(C)NC(=O)C1CCN(CC(N)=O)CC1. The third-order valence-corrected chi connectivity index (χ3v) is 4.69. The van der Waals surface area contributed by atoms with Crippen LogP contribution in [0.4, 0.5) is 0 Å². The van der Waals surface area contributed by atoms with E-state index >= 15 is 0 Å². The maximum Gasteiger partial charge on any atom is 0.231 e. The van der Waals surface area contributed by atoms with Gasteiger partial charge in [-0.05, 0) is 46.7 Å². The van der Waals surface area contributed by atoms with Crippen molar-refractivity contribution in [1.82, 2.24) is 20.0 Å². The predicted octanol–water partition coefficient (Wildman–Crippen LogP) is 0.411. The highest BCUT2D eigenvalue weighted by molar-refractivity contribution is 5.79. The number of amides is 2. The molecule has 2 heterocycles. The molecular formula is C16H27N5O2. The standard InChI is InChI=1S/C16H27N5O2/c1-10(15-11(2)19-20(4)12(15)3)18-16(23)13-5-7-21(8-6-13)9-14(17)22/h10,13H,5-9H2,1-4H3,(H2,17,22)(H,18,23).